The van der Waals surface area contributed by atoms with Crippen LogP contribution in [0.2, 0.25) is 0 Å². The summed E-state index contributed by atoms with van der Waals surface area (Å²) < 4.78 is 39.0. The number of anilines is 1. The van der Waals surface area contributed by atoms with Gasteiger partial charge in [-0.2, -0.15) is 13.2 Å². The lowest BCUT2D eigenvalue weighted by atomic mass is 10.0. The van der Waals surface area contributed by atoms with Gasteiger partial charge in [0.15, 0.2) is 5.78 Å². The van der Waals surface area contributed by atoms with Crippen LogP contribution in [0.5, 0.6) is 0 Å². The van der Waals surface area contributed by atoms with E-state index in [0.717, 1.165) is 12.1 Å². The van der Waals surface area contributed by atoms with Gasteiger partial charge in [0.05, 0.1) is 5.56 Å². The van der Waals surface area contributed by atoms with Crippen LogP contribution in [0.25, 0.3) is 0 Å². The van der Waals surface area contributed by atoms with Gasteiger partial charge in [0.25, 0.3) is 0 Å². The number of carbonyl (C=O) groups is 1. The van der Waals surface area contributed by atoms with E-state index < -0.39 is 17.5 Å². The Labute approximate surface area is 135 Å². The molecule has 0 unspecified atom stereocenters. The maximum Gasteiger partial charge on any atom is 0.416 e. The zero-order chi connectivity index (χ0) is 15.8. The van der Waals surface area contributed by atoms with E-state index in [2.05, 4.69) is 31.9 Å². The number of rotatable bonds is 2. The highest BCUT2D eigenvalue weighted by atomic mass is 79.9. The Kier molecular flexibility index (Phi) is 4.43. The number of ketones is 1. The molecule has 0 aliphatic heterocycles. The van der Waals surface area contributed by atoms with E-state index in [0.29, 0.717) is 14.6 Å². The first kappa shape index (κ1) is 16.0. The standard InChI is InChI=1S/C14H8Br2F3NO/c15-10-3-2-8(14(17,18)19)6-9(10)13(21)7-1-4-12(20)11(16)5-7/h1-6H,20H2. The molecular weight excluding hydrogens is 415 g/mol. The summed E-state index contributed by atoms with van der Waals surface area (Å²) in [5.41, 5.74) is 5.38. The van der Waals surface area contributed by atoms with Crippen LogP contribution < -0.4 is 5.73 Å². The van der Waals surface area contributed by atoms with Crippen LogP contribution in [-0.2, 0) is 6.18 Å². The van der Waals surface area contributed by atoms with Gasteiger partial charge >= 0.3 is 6.18 Å². The van der Waals surface area contributed by atoms with Crippen molar-refractivity contribution in [3.05, 3.63) is 62.0 Å². The molecule has 0 aromatic heterocycles. The van der Waals surface area contributed by atoms with Crippen LogP contribution in [0.3, 0.4) is 0 Å². The zero-order valence-electron chi connectivity index (χ0n) is 10.3. The van der Waals surface area contributed by atoms with Crippen molar-refractivity contribution < 1.29 is 18.0 Å². The Morgan fingerprint density at radius 2 is 1.67 bits per heavy atom. The van der Waals surface area contributed by atoms with Crippen molar-refractivity contribution in [3.8, 4) is 0 Å². The number of hydrogen-bond acceptors (Lipinski definition) is 2. The van der Waals surface area contributed by atoms with Gasteiger partial charge in [-0.25, -0.2) is 0 Å². The van der Waals surface area contributed by atoms with Gasteiger partial charge in [-0.15, -0.1) is 0 Å². The first-order valence-corrected chi connectivity index (χ1v) is 7.25. The molecule has 0 amide bonds. The second-order valence-corrected chi connectivity index (χ2v) is 5.97. The third kappa shape index (κ3) is 3.47. The highest BCUT2D eigenvalue weighted by Crippen LogP contribution is 2.33. The summed E-state index contributed by atoms with van der Waals surface area (Å²) in [5, 5.41) is 0. The third-order valence-corrected chi connectivity index (χ3v) is 4.18. The summed E-state index contributed by atoms with van der Waals surface area (Å²) in [6, 6.07) is 7.41. The van der Waals surface area contributed by atoms with Crippen molar-refractivity contribution in [1.82, 2.24) is 0 Å². The largest absolute Gasteiger partial charge is 0.416 e. The van der Waals surface area contributed by atoms with E-state index in [1.807, 2.05) is 0 Å². The molecular formula is C14H8Br2F3NO. The lowest BCUT2D eigenvalue weighted by Crippen LogP contribution is -2.09. The van der Waals surface area contributed by atoms with Crippen LogP contribution in [0, 0.1) is 0 Å². The minimum absolute atomic E-state index is 0.0542. The Morgan fingerprint density at radius 1 is 1.00 bits per heavy atom. The van der Waals surface area contributed by atoms with E-state index in [1.165, 1.54) is 24.3 Å². The SMILES string of the molecule is Nc1ccc(C(=O)c2cc(C(F)(F)F)ccc2Br)cc1Br. The fourth-order valence-corrected chi connectivity index (χ4v) is 2.50. The summed E-state index contributed by atoms with van der Waals surface area (Å²) >= 11 is 6.29. The molecule has 21 heavy (non-hydrogen) atoms. The fraction of sp³-hybridized carbons (Fsp3) is 0.0714. The molecule has 0 saturated heterocycles. The Balaban J connectivity index is 2.50. The van der Waals surface area contributed by atoms with Crippen molar-refractivity contribution >= 4 is 43.3 Å². The van der Waals surface area contributed by atoms with E-state index in [1.54, 1.807) is 0 Å². The lowest BCUT2D eigenvalue weighted by molar-refractivity contribution is -0.137. The minimum atomic E-state index is -4.50. The van der Waals surface area contributed by atoms with Crippen LogP contribution in [-0.4, -0.2) is 5.78 Å². The summed E-state index contributed by atoms with van der Waals surface area (Å²) in [5.74, 6) is -0.520. The average molecular weight is 423 g/mol. The average Bonchev–Trinajstić information content (AvgIpc) is 2.40. The first-order valence-electron chi connectivity index (χ1n) is 5.66. The van der Waals surface area contributed by atoms with Gasteiger partial charge in [0.1, 0.15) is 0 Å². The predicted molar refractivity (Wildman–Crippen MR) is 81.1 cm³/mol. The molecule has 2 nitrogen and oxygen atoms in total. The number of hydrogen-bond donors (Lipinski definition) is 1. The molecule has 0 heterocycles. The van der Waals surface area contributed by atoms with Crippen LogP contribution in [0.1, 0.15) is 21.5 Å². The van der Waals surface area contributed by atoms with E-state index >= 15 is 0 Å². The fourth-order valence-electron chi connectivity index (χ4n) is 1.70. The highest BCUT2D eigenvalue weighted by Gasteiger charge is 2.31. The zero-order valence-corrected chi connectivity index (χ0v) is 13.5. The van der Waals surface area contributed by atoms with Crippen molar-refractivity contribution in [1.29, 1.82) is 0 Å². The van der Waals surface area contributed by atoms with Crippen molar-refractivity contribution in [2.75, 3.05) is 5.73 Å². The molecule has 2 aromatic carbocycles. The molecule has 0 fully saturated rings. The normalized spacial score (nSPS) is 11.5. The molecule has 2 rings (SSSR count). The summed E-state index contributed by atoms with van der Waals surface area (Å²) in [4.78, 5) is 12.4. The topological polar surface area (TPSA) is 43.1 Å². The summed E-state index contributed by atoms with van der Waals surface area (Å²) in [6.07, 6.45) is -4.50. The maximum absolute atomic E-state index is 12.7. The molecule has 0 radical (unpaired) electrons. The van der Waals surface area contributed by atoms with Gasteiger partial charge in [-0.1, -0.05) is 15.9 Å². The quantitative estimate of drug-likeness (QED) is 0.544. The highest BCUT2D eigenvalue weighted by molar-refractivity contribution is 9.11. The third-order valence-electron chi connectivity index (χ3n) is 2.80. The number of nitrogen functional groups attached to an aromatic ring is 1. The molecule has 0 aliphatic rings. The second-order valence-electron chi connectivity index (χ2n) is 4.26. The predicted octanol–water partition coefficient (Wildman–Crippen LogP) is 5.04. The van der Waals surface area contributed by atoms with Crippen molar-refractivity contribution in [2.45, 2.75) is 6.18 Å². The Morgan fingerprint density at radius 3 is 2.24 bits per heavy atom. The molecule has 2 aromatic rings. The smallest absolute Gasteiger partial charge is 0.398 e. The van der Waals surface area contributed by atoms with Crippen LogP contribution >= 0.6 is 31.9 Å². The van der Waals surface area contributed by atoms with Gasteiger partial charge in [0, 0.05) is 25.8 Å². The number of halogens is 5. The molecule has 0 spiro atoms. The number of benzene rings is 2. The Hall–Kier alpha value is -1.34. The Bertz CT molecular complexity index is 714. The summed E-state index contributed by atoms with van der Waals surface area (Å²) in [7, 11) is 0. The van der Waals surface area contributed by atoms with Crippen molar-refractivity contribution in [3.63, 3.8) is 0 Å². The van der Waals surface area contributed by atoms with E-state index in [4.69, 9.17) is 5.73 Å². The molecule has 7 heteroatoms. The molecule has 0 atom stereocenters. The van der Waals surface area contributed by atoms with Crippen LogP contribution in [0.4, 0.5) is 18.9 Å². The molecule has 0 saturated carbocycles. The monoisotopic (exact) mass is 421 g/mol. The van der Waals surface area contributed by atoms with Crippen LogP contribution in [0.15, 0.2) is 45.3 Å². The molecule has 110 valence electrons. The minimum Gasteiger partial charge on any atom is -0.398 e. The molecule has 2 N–H and O–H groups in total. The summed E-state index contributed by atoms with van der Waals surface area (Å²) in [6.45, 7) is 0. The lowest BCUT2D eigenvalue weighted by Gasteiger charge is -2.10. The molecule has 0 bridgehead atoms. The van der Waals surface area contributed by atoms with Gasteiger partial charge < -0.3 is 5.73 Å². The van der Waals surface area contributed by atoms with Gasteiger partial charge in [-0.05, 0) is 52.3 Å². The maximum atomic E-state index is 12.7. The van der Waals surface area contributed by atoms with Gasteiger partial charge in [0.2, 0.25) is 0 Å². The number of alkyl halides is 3. The van der Waals surface area contributed by atoms with E-state index in [9.17, 15) is 18.0 Å². The van der Waals surface area contributed by atoms with E-state index in [-0.39, 0.29) is 11.1 Å². The van der Waals surface area contributed by atoms with Crippen molar-refractivity contribution in [2.24, 2.45) is 0 Å². The number of carbonyl (C=O) groups excluding carboxylic acids is 1. The first-order chi connectivity index (χ1) is 9.70. The second kappa shape index (κ2) is 5.81. The molecule has 0 aliphatic carbocycles. The number of nitrogens with two attached hydrogens (primary N) is 1. The van der Waals surface area contributed by atoms with Gasteiger partial charge in [-0.3, -0.25) is 4.79 Å².